The molecule has 0 radical (unpaired) electrons. The number of likely N-dealkylation sites (tertiary alicyclic amines) is 1. The van der Waals surface area contributed by atoms with Gasteiger partial charge in [-0.15, -0.1) is 0 Å². The number of aromatic nitrogens is 3. The number of fused-ring (bicyclic) bond motifs is 1. The average molecular weight is 560 g/mol. The number of benzene rings is 1. The van der Waals surface area contributed by atoms with E-state index < -0.39 is 11.4 Å². The molecule has 208 valence electrons. The molecule has 4 heterocycles. The van der Waals surface area contributed by atoms with Crippen LogP contribution in [0.2, 0.25) is 5.02 Å². The molecule has 0 aliphatic carbocycles. The molecule has 5 rings (SSSR count). The van der Waals surface area contributed by atoms with E-state index in [9.17, 15) is 4.79 Å². The number of ether oxygens (including phenoxy) is 4. The maximum Gasteiger partial charge on any atom is 0.410 e. The van der Waals surface area contributed by atoms with Crippen molar-refractivity contribution < 1.29 is 28.1 Å². The largest absolute Gasteiger partial charge is 0.489 e. The third kappa shape index (κ3) is 6.59. The molecule has 0 unspecified atom stereocenters. The molecule has 1 aromatic carbocycles. The highest BCUT2D eigenvalue weighted by atomic mass is 35.5. The summed E-state index contributed by atoms with van der Waals surface area (Å²) in [5.41, 5.74) is 0.484. The van der Waals surface area contributed by atoms with E-state index in [4.69, 9.17) is 30.5 Å². The molecule has 2 saturated heterocycles. The summed E-state index contributed by atoms with van der Waals surface area (Å²) in [5, 5.41) is 2.83. The van der Waals surface area contributed by atoms with Crippen LogP contribution >= 0.6 is 11.6 Å². The quantitative estimate of drug-likeness (QED) is 0.401. The van der Waals surface area contributed by atoms with Crippen LogP contribution in [0.3, 0.4) is 0 Å². The maximum atomic E-state index is 15.2. The number of halogens is 2. The van der Waals surface area contributed by atoms with Gasteiger partial charge < -0.3 is 29.2 Å². The Balaban J connectivity index is 1.28. The predicted octanol–water partition coefficient (Wildman–Crippen LogP) is 5.51. The van der Waals surface area contributed by atoms with Crippen molar-refractivity contribution in [3.05, 3.63) is 41.4 Å². The lowest BCUT2D eigenvalue weighted by Gasteiger charge is -2.24. The number of nitrogens with one attached hydrogen (secondary N) is 1. The Labute approximate surface area is 230 Å². The molecule has 3 aromatic rings. The summed E-state index contributed by atoms with van der Waals surface area (Å²) in [6.45, 7) is 7.42. The van der Waals surface area contributed by atoms with Gasteiger partial charge in [-0.05, 0) is 51.8 Å². The number of pyridine rings is 1. The van der Waals surface area contributed by atoms with Crippen LogP contribution in [-0.4, -0.2) is 70.1 Å². The van der Waals surface area contributed by atoms with E-state index in [2.05, 4.69) is 20.3 Å². The fourth-order valence-electron chi connectivity index (χ4n) is 4.39. The van der Waals surface area contributed by atoms with Gasteiger partial charge >= 0.3 is 6.09 Å². The second-order valence-corrected chi connectivity index (χ2v) is 10.9. The summed E-state index contributed by atoms with van der Waals surface area (Å²) < 4.78 is 37.9. The van der Waals surface area contributed by atoms with E-state index in [1.54, 1.807) is 23.1 Å². The van der Waals surface area contributed by atoms with Gasteiger partial charge in [-0.3, -0.25) is 0 Å². The molecule has 0 bridgehead atoms. The van der Waals surface area contributed by atoms with Gasteiger partial charge in [0.25, 0.3) is 0 Å². The Morgan fingerprint density at radius 2 is 2.08 bits per heavy atom. The van der Waals surface area contributed by atoms with E-state index in [0.29, 0.717) is 49.6 Å². The molecule has 1 N–H and O–H groups in total. The maximum absolute atomic E-state index is 15.2. The zero-order valence-corrected chi connectivity index (χ0v) is 22.8. The van der Waals surface area contributed by atoms with E-state index in [-0.39, 0.29) is 40.6 Å². The molecule has 0 saturated carbocycles. The normalized spacial score (nSPS) is 19.4. The highest BCUT2D eigenvalue weighted by Crippen LogP contribution is 2.35. The van der Waals surface area contributed by atoms with Crippen molar-refractivity contribution in [3.63, 3.8) is 0 Å². The Bertz CT molecular complexity index is 1350. The summed E-state index contributed by atoms with van der Waals surface area (Å²) in [5.74, 6) is 0.199. The van der Waals surface area contributed by atoms with Crippen molar-refractivity contribution in [2.45, 2.75) is 57.8 Å². The molecule has 2 fully saturated rings. The molecule has 2 aromatic heterocycles. The van der Waals surface area contributed by atoms with E-state index >= 15 is 4.39 Å². The number of rotatable bonds is 7. The minimum atomic E-state index is -0.672. The number of carbonyl (C=O) groups excluding carboxylic acids is 1. The van der Waals surface area contributed by atoms with Crippen LogP contribution in [0.5, 0.6) is 11.6 Å². The highest BCUT2D eigenvalue weighted by Gasteiger charge is 2.31. The third-order valence-electron chi connectivity index (χ3n) is 6.29. The fraction of sp³-hybridized carbons (Fsp3) is 0.481. The van der Waals surface area contributed by atoms with Crippen LogP contribution in [-0.2, 0) is 9.47 Å². The van der Waals surface area contributed by atoms with Crippen molar-refractivity contribution in [2.75, 3.05) is 31.6 Å². The molecule has 2 aliphatic rings. The number of anilines is 2. The second-order valence-electron chi connectivity index (χ2n) is 10.5. The van der Waals surface area contributed by atoms with E-state index in [1.807, 2.05) is 20.8 Å². The first-order chi connectivity index (χ1) is 18.7. The first kappa shape index (κ1) is 27.1. The lowest BCUT2D eigenvalue weighted by Crippen LogP contribution is -2.36. The summed E-state index contributed by atoms with van der Waals surface area (Å²) in [6.07, 6.45) is 3.26. The first-order valence-electron chi connectivity index (χ1n) is 12.9. The monoisotopic (exact) mass is 559 g/mol. The lowest BCUT2D eigenvalue weighted by molar-refractivity contribution is 0.0275. The van der Waals surface area contributed by atoms with Crippen molar-refractivity contribution >= 4 is 40.2 Å². The standard InChI is InChI=1S/C27H31ClFN5O5/c1-27(2,3)39-26(35)34-11-10-16(13-34)38-21-9-7-19-24(33-21)25(31-15-30-19)32-18-6-8-20(22(28)23(18)29)37-14-17-5-4-12-36-17/h6-9,15-17H,4-5,10-14H2,1-3H3,(H,30,31,32)/t16-,17+/m0/s1. The topological polar surface area (TPSA) is 108 Å². The molecular weight excluding hydrogens is 529 g/mol. The Kier molecular flexibility index (Phi) is 7.90. The molecular formula is C27H31ClFN5O5. The van der Waals surface area contributed by atoms with Crippen LogP contribution in [0.4, 0.5) is 20.7 Å². The highest BCUT2D eigenvalue weighted by molar-refractivity contribution is 6.32. The summed E-state index contributed by atoms with van der Waals surface area (Å²) in [4.78, 5) is 27.1. The van der Waals surface area contributed by atoms with Crippen molar-refractivity contribution in [1.82, 2.24) is 19.9 Å². The summed E-state index contributed by atoms with van der Waals surface area (Å²) >= 11 is 6.27. The number of nitrogens with zero attached hydrogens (tertiary/aromatic N) is 4. The molecule has 10 nitrogen and oxygen atoms in total. The van der Waals surface area contributed by atoms with Crippen molar-refractivity contribution in [3.8, 4) is 11.6 Å². The Hall–Kier alpha value is -3.44. The van der Waals surface area contributed by atoms with Gasteiger partial charge in [-0.25, -0.2) is 24.1 Å². The summed E-state index contributed by atoms with van der Waals surface area (Å²) in [6, 6.07) is 6.58. The van der Waals surface area contributed by atoms with Gasteiger partial charge in [0.15, 0.2) is 11.6 Å². The lowest BCUT2D eigenvalue weighted by atomic mass is 10.2. The van der Waals surface area contributed by atoms with Crippen LogP contribution in [0, 0.1) is 5.82 Å². The predicted molar refractivity (Wildman–Crippen MR) is 143 cm³/mol. The minimum absolute atomic E-state index is 0.0126. The molecule has 39 heavy (non-hydrogen) atoms. The SMILES string of the molecule is CC(C)(C)OC(=O)N1CC[C@H](Oc2ccc3ncnc(Nc4ccc(OC[C@H]5CCCO5)c(Cl)c4F)c3n2)C1. The zero-order chi connectivity index (χ0) is 27.6. The van der Waals surface area contributed by atoms with E-state index in [1.165, 1.54) is 12.4 Å². The van der Waals surface area contributed by atoms with Gasteiger partial charge in [0, 0.05) is 25.6 Å². The summed E-state index contributed by atoms with van der Waals surface area (Å²) in [7, 11) is 0. The van der Waals surface area contributed by atoms with E-state index in [0.717, 1.165) is 12.8 Å². The Morgan fingerprint density at radius 1 is 1.23 bits per heavy atom. The molecule has 12 heteroatoms. The zero-order valence-electron chi connectivity index (χ0n) is 22.1. The molecule has 2 aliphatic heterocycles. The van der Waals surface area contributed by atoms with Crippen LogP contribution in [0.25, 0.3) is 11.0 Å². The van der Waals surface area contributed by atoms with Crippen LogP contribution < -0.4 is 14.8 Å². The number of hydrogen-bond acceptors (Lipinski definition) is 9. The first-order valence-corrected chi connectivity index (χ1v) is 13.3. The third-order valence-corrected chi connectivity index (χ3v) is 6.64. The van der Waals surface area contributed by atoms with Crippen molar-refractivity contribution in [2.24, 2.45) is 0 Å². The van der Waals surface area contributed by atoms with Gasteiger partial charge in [0.1, 0.15) is 40.9 Å². The molecule has 2 atom stereocenters. The number of amides is 1. The van der Waals surface area contributed by atoms with Crippen molar-refractivity contribution in [1.29, 1.82) is 0 Å². The Morgan fingerprint density at radius 3 is 2.85 bits per heavy atom. The molecule has 0 spiro atoms. The van der Waals surface area contributed by atoms with Crippen LogP contribution in [0.15, 0.2) is 30.6 Å². The second kappa shape index (κ2) is 11.4. The smallest absolute Gasteiger partial charge is 0.410 e. The molecule has 1 amide bonds. The van der Waals surface area contributed by atoms with Gasteiger partial charge in [-0.1, -0.05) is 11.6 Å². The minimum Gasteiger partial charge on any atom is -0.489 e. The number of hydrogen-bond donors (Lipinski definition) is 1. The van der Waals surface area contributed by atoms with Gasteiger partial charge in [0.05, 0.1) is 23.9 Å². The van der Waals surface area contributed by atoms with Crippen LogP contribution in [0.1, 0.15) is 40.0 Å². The van der Waals surface area contributed by atoms with Gasteiger partial charge in [-0.2, -0.15) is 0 Å². The fourth-order valence-corrected chi connectivity index (χ4v) is 4.61. The van der Waals surface area contributed by atoms with Gasteiger partial charge in [0.2, 0.25) is 5.88 Å². The average Bonchev–Trinajstić information content (AvgIpc) is 3.58. The number of carbonyl (C=O) groups is 1.